The minimum Gasteiger partial charge on any atom is -0.435 e. The summed E-state index contributed by atoms with van der Waals surface area (Å²) in [6.45, 7) is 8.59. The van der Waals surface area contributed by atoms with E-state index in [2.05, 4.69) is 135 Å². The molecule has 0 spiro atoms. The molecule has 0 bridgehead atoms. The molecule has 0 N–H and O–H groups in total. The predicted molar refractivity (Wildman–Crippen MR) is 179 cm³/mol. The van der Waals surface area contributed by atoms with Crippen molar-refractivity contribution in [3.05, 3.63) is 151 Å². The van der Waals surface area contributed by atoms with Crippen LogP contribution in [-0.2, 0) is 5.41 Å². The number of hydrogen-bond acceptors (Lipinski definition) is 3. The third kappa shape index (κ3) is 3.93. The van der Waals surface area contributed by atoms with Crippen molar-refractivity contribution in [1.82, 2.24) is 4.98 Å². The van der Waals surface area contributed by atoms with Crippen molar-refractivity contribution < 1.29 is 4.42 Å². The molecule has 0 unspecified atom stereocenters. The Labute approximate surface area is 251 Å². The van der Waals surface area contributed by atoms with E-state index in [-0.39, 0.29) is 5.41 Å². The van der Waals surface area contributed by atoms with Crippen molar-refractivity contribution in [3.63, 3.8) is 0 Å². The van der Waals surface area contributed by atoms with E-state index in [0.717, 1.165) is 44.7 Å². The largest absolute Gasteiger partial charge is 0.435 e. The van der Waals surface area contributed by atoms with Crippen molar-refractivity contribution in [1.29, 1.82) is 0 Å². The van der Waals surface area contributed by atoms with Crippen molar-refractivity contribution >= 4 is 45.0 Å². The number of fused-ring (bicyclic) bond motifs is 7. The van der Waals surface area contributed by atoms with Crippen molar-refractivity contribution in [2.45, 2.75) is 19.3 Å². The van der Waals surface area contributed by atoms with Crippen molar-refractivity contribution in [2.75, 3.05) is 4.90 Å². The fourth-order valence-corrected chi connectivity index (χ4v) is 6.77. The monoisotopic (exact) mass is 554 g/mol. The molecule has 206 valence electrons. The molecule has 3 nitrogen and oxygen atoms in total. The van der Waals surface area contributed by atoms with Crippen LogP contribution in [-0.4, -0.2) is 4.98 Å². The fourth-order valence-electron chi connectivity index (χ4n) is 6.77. The molecule has 8 rings (SSSR count). The van der Waals surface area contributed by atoms with Crippen LogP contribution in [0.1, 0.15) is 30.5 Å². The van der Waals surface area contributed by atoms with Crippen LogP contribution in [0.25, 0.3) is 50.5 Å². The van der Waals surface area contributed by atoms with Gasteiger partial charge in [0.15, 0.2) is 5.58 Å². The first-order chi connectivity index (χ1) is 21.0. The molecule has 1 aliphatic rings. The first-order valence-corrected chi connectivity index (χ1v) is 14.7. The van der Waals surface area contributed by atoms with Crippen LogP contribution in [0.15, 0.2) is 138 Å². The molecule has 3 heteroatoms. The van der Waals surface area contributed by atoms with Crippen molar-refractivity contribution in [2.24, 2.45) is 0 Å². The summed E-state index contributed by atoms with van der Waals surface area (Å²) in [6.07, 6.45) is 1.84. The summed E-state index contributed by atoms with van der Waals surface area (Å²) in [4.78, 5) is 7.19. The van der Waals surface area contributed by atoms with E-state index in [4.69, 9.17) is 9.40 Å². The second-order valence-electron chi connectivity index (χ2n) is 11.7. The van der Waals surface area contributed by atoms with Gasteiger partial charge in [0.25, 0.3) is 0 Å². The Kier molecular flexibility index (Phi) is 5.63. The Hall–Kier alpha value is -5.41. The lowest BCUT2D eigenvalue weighted by atomic mass is 9.80. The number of nitrogens with zero attached hydrogens (tertiary/aromatic N) is 2. The Balaban J connectivity index is 1.28. The molecule has 7 aromatic rings. The molecule has 0 saturated heterocycles. The van der Waals surface area contributed by atoms with Crippen LogP contribution >= 0.6 is 0 Å². The molecule has 6 aromatic carbocycles. The quantitative estimate of drug-likeness (QED) is 0.212. The topological polar surface area (TPSA) is 29.3 Å². The zero-order valence-corrected chi connectivity index (χ0v) is 24.2. The first kappa shape index (κ1) is 25.3. The maximum absolute atomic E-state index is 6.47. The van der Waals surface area contributed by atoms with Gasteiger partial charge in [-0.25, -0.2) is 4.98 Å². The number of rotatable bonds is 5. The Bertz CT molecular complexity index is 2130. The molecule has 0 amide bonds. The van der Waals surface area contributed by atoms with Gasteiger partial charge in [-0.1, -0.05) is 93.2 Å². The van der Waals surface area contributed by atoms with E-state index < -0.39 is 0 Å². The van der Waals surface area contributed by atoms with Gasteiger partial charge in [0, 0.05) is 33.4 Å². The van der Waals surface area contributed by atoms with Crippen LogP contribution in [0.3, 0.4) is 0 Å². The zero-order valence-electron chi connectivity index (χ0n) is 24.2. The van der Waals surface area contributed by atoms with E-state index in [1.807, 2.05) is 24.3 Å². The predicted octanol–water partition coefficient (Wildman–Crippen LogP) is 11.1. The molecule has 1 heterocycles. The Morgan fingerprint density at radius 3 is 2.09 bits per heavy atom. The fraction of sp³-hybridized carbons (Fsp3) is 0.0750. The van der Waals surface area contributed by atoms with Gasteiger partial charge in [-0.15, -0.1) is 0 Å². The van der Waals surface area contributed by atoms with Gasteiger partial charge in [-0.2, -0.15) is 0 Å². The second-order valence-corrected chi connectivity index (χ2v) is 11.7. The summed E-state index contributed by atoms with van der Waals surface area (Å²) in [5.74, 6) is 0.626. The SMILES string of the molecule is C=Cc1cccc(-c2nc3ccc4c5c(ccc4c3o2)-c2ccc(N(c3ccccc3)c3ccccc3)cc2C5(C)C)c1. The molecule has 0 aliphatic heterocycles. The van der Waals surface area contributed by atoms with Gasteiger partial charge in [0.05, 0.1) is 0 Å². The van der Waals surface area contributed by atoms with Gasteiger partial charge in [0.1, 0.15) is 5.52 Å². The van der Waals surface area contributed by atoms with E-state index in [0.29, 0.717) is 5.89 Å². The number of benzene rings is 6. The highest BCUT2D eigenvalue weighted by atomic mass is 16.3. The van der Waals surface area contributed by atoms with Crippen LogP contribution < -0.4 is 4.90 Å². The number of anilines is 3. The highest BCUT2D eigenvalue weighted by Crippen LogP contribution is 2.53. The number of hydrogen-bond donors (Lipinski definition) is 0. The van der Waals surface area contributed by atoms with Gasteiger partial charge in [-0.3, -0.25) is 0 Å². The lowest BCUT2D eigenvalue weighted by Gasteiger charge is -2.28. The standard InChI is InChI=1S/C40H30N2O/c1-4-26-12-11-13-27(24-26)39-41-36-23-22-33-34(38(36)43-39)21-20-32-31-19-18-30(25-35(31)40(2,3)37(32)33)42(28-14-7-5-8-15-28)29-16-9-6-10-17-29/h4-25H,1H2,2-3H3. The molecule has 1 aliphatic carbocycles. The normalized spacial score (nSPS) is 13.2. The Morgan fingerprint density at radius 2 is 1.37 bits per heavy atom. The van der Waals surface area contributed by atoms with Crippen LogP contribution in [0, 0.1) is 0 Å². The smallest absolute Gasteiger partial charge is 0.227 e. The molecule has 0 fully saturated rings. The summed E-state index contributed by atoms with van der Waals surface area (Å²) in [5, 5.41) is 2.30. The summed E-state index contributed by atoms with van der Waals surface area (Å²) in [6, 6.07) is 45.0. The van der Waals surface area contributed by atoms with Crippen LogP contribution in [0.5, 0.6) is 0 Å². The van der Waals surface area contributed by atoms with Crippen LogP contribution in [0.4, 0.5) is 17.1 Å². The van der Waals surface area contributed by atoms with Gasteiger partial charge < -0.3 is 9.32 Å². The van der Waals surface area contributed by atoms with E-state index >= 15 is 0 Å². The average molecular weight is 555 g/mol. The minimum absolute atomic E-state index is 0.214. The summed E-state index contributed by atoms with van der Waals surface area (Å²) < 4.78 is 6.47. The third-order valence-electron chi connectivity index (χ3n) is 8.80. The first-order valence-electron chi connectivity index (χ1n) is 14.7. The molecule has 43 heavy (non-hydrogen) atoms. The van der Waals surface area contributed by atoms with E-state index in [1.165, 1.54) is 27.6 Å². The van der Waals surface area contributed by atoms with Crippen molar-refractivity contribution in [3.8, 4) is 22.6 Å². The highest BCUT2D eigenvalue weighted by molar-refractivity contribution is 6.08. The van der Waals surface area contributed by atoms with E-state index in [1.54, 1.807) is 0 Å². The maximum atomic E-state index is 6.47. The molecule has 1 aromatic heterocycles. The molecule has 0 atom stereocenters. The maximum Gasteiger partial charge on any atom is 0.227 e. The van der Waals surface area contributed by atoms with Gasteiger partial charge in [-0.05, 0) is 93.9 Å². The molecule has 0 radical (unpaired) electrons. The summed E-state index contributed by atoms with van der Waals surface area (Å²) in [7, 11) is 0. The lowest BCUT2D eigenvalue weighted by Crippen LogP contribution is -2.17. The second kappa shape index (κ2) is 9.57. The van der Waals surface area contributed by atoms with Gasteiger partial charge >= 0.3 is 0 Å². The van der Waals surface area contributed by atoms with Gasteiger partial charge in [0.2, 0.25) is 5.89 Å². The highest BCUT2D eigenvalue weighted by Gasteiger charge is 2.38. The lowest BCUT2D eigenvalue weighted by molar-refractivity contribution is 0.622. The summed E-state index contributed by atoms with van der Waals surface area (Å²) >= 11 is 0. The average Bonchev–Trinajstić information content (AvgIpc) is 3.59. The zero-order chi connectivity index (χ0) is 29.1. The molecular weight excluding hydrogens is 524 g/mol. The third-order valence-corrected chi connectivity index (χ3v) is 8.80. The molecule has 0 saturated carbocycles. The number of oxazole rings is 1. The summed E-state index contributed by atoms with van der Waals surface area (Å²) in [5.41, 5.74) is 12.1. The number of aromatic nitrogens is 1. The minimum atomic E-state index is -0.214. The van der Waals surface area contributed by atoms with Crippen LogP contribution in [0.2, 0.25) is 0 Å². The van der Waals surface area contributed by atoms with E-state index in [9.17, 15) is 0 Å². The number of para-hydroxylation sites is 2. The Morgan fingerprint density at radius 1 is 0.674 bits per heavy atom. The molecular formula is C40H30N2O.